The molecule has 2 heterocycles. The number of rotatable bonds is 5. The molecule has 1 amide bonds. The number of aryl methyl sites for hydroxylation is 1. The van der Waals surface area contributed by atoms with E-state index in [1.165, 1.54) is 0 Å². The summed E-state index contributed by atoms with van der Waals surface area (Å²) in [7, 11) is -3.62. The molecule has 0 spiro atoms. The summed E-state index contributed by atoms with van der Waals surface area (Å²) in [6, 6.07) is 12.1. The minimum atomic E-state index is -3.62. The topological polar surface area (TPSA) is 79.6 Å². The number of halogens is 1. The van der Waals surface area contributed by atoms with Gasteiger partial charge in [-0.3, -0.25) is 4.79 Å². The van der Waals surface area contributed by atoms with E-state index in [1.54, 1.807) is 35.5 Å². The fourth-order valence-corrected chi connectivity index (χ4v) is 6.33. The zero-order chi connectivity index (χ0) is 23.0. The van der Waals surface area contributed by atoms with Crippen molar-refractivity contribution < 1.29 is 17.6 Å². The Kier molecular flexibility index (Phi) is 6.34. The Balaban J connectivity index is 1.59. The number of carbonyl (C=O) groups is 1. The summed E-state index contributed by atoms with van der Waals surface area (Å²) in [6.07, 6.45) is 1.03. The molecule has 6 nitrogen and oxygen atoms in total. The van der Waals surface area contributed by atoms with E-state index in [4.69, 9.17) is 16.0 Å². The van der Waals surface area contributed by atoms with E-state index in [0.29, 0.717) is 46.5 Å². The number of benzene rings is 2. The second-order valence-electron chi connectivity index (χ2n) is 8.76. The Labute approximate surface area is 193 Å². The summed E-state index contributed by atoms with van der Waals surface area (Å²) in [5.41, 5.74) is 1.88. The average molecular weight is 475 g/mol. The lowest BCUT2D eigenvalue weighted by molar-refractivity contribution is 0.0924. The van der Waals surface area contributed by atoms with Gasteiger partial charge in [-0.25, -0.2) is 8.42 Å². The van der Waals surface area contributed by atoms with E-state index in [1.807, 2.05) is 18.2 Å². The Morgan fingerprint density at radius 1 is 1.16 bits per heavy atom. The van der Waals surface area contributed by atoms with E-state index in [2.05, 4.69) is 19.2 Å². The molecule has 32 heavy (non-hydrogen) atoms. The van der Waals surface area contributed by atoms with Crippen molar-refractivity contribution in [3.8, 4) is 0 Å². The third kappa shape index (κ3) is 4.42. The van der Waals surface area contributed by atoms with Gasteiger partial charge in [0.15, 0.2) is 5.76 Å². The van der Waals surface area contributed by atoms with Crippen molar-refractivity contribution in [2.24, 2.45) is 11.8 Å². The van der Waals surface area contributed by atoms with E-state index in [-0.39, 0.29) is 23.1 Å². The first kappa shape index (κ1) is 22.8. The maximum atomic E-state index is 13.3. The van der Waals surface area contributed by atoms with Gasteiger partial charge in [0.25, 0.3) is 5.91 Å². The molecule has 170 valence electrons. The van der Waals surface area contributed by atoms with Crippen LogP contribution in [0.2, 0.25) is 5.02 Å². The second-order valence-corrected chi connectivity index (χ2v) is 11.1. The standard InChI is InChI=1S/C24H27ClN2O4S/c1-15-10-16(2)14-27(13-15)32(29,30)19-8-9-22-20(11-19)17(3)23(31-22)24(28)26-12-18-6-4-5-7-21(18)25/h4-9,11,15-16H,10,12-14H2,1-3H3,(H,26,28)/t15-,16-/m1/s1. The molecule has 1 N–H and O–H groups in total. The van der Waals surface area contributed by atoms with E-state index < -0.39 is 10.0 Å². The largest absolute Gasteiger partial charge is 0.451 e. The third-order valence-corrected chi connectivity index (χ3v) is 8.18. The minimum absolute atomic E-state index is 0.168. The van der Waals surface area contributed by atoms with Crippen molar-refractivity contribution in [2.75, 3.05) is 13.1 Å². The Hall–Kier alpha value is -2.35. The van der Waals surface area contributed by atoms with Crippen LogP contribution >= 0.6 is 11.6 Å². The van der Waals surface area contributed by atoms with E-state index in [0.717, 1.165) is 12.0 Å². The van der Waals surface area contributed by atoms with Gasteiger partial charge in [0.2, 0.25) is 10.0 Å². The fraction of sp³-hybridized carbons (Fsp3) is 0.375. The Morgan fingerprint density at radius 2 is 1.84 bits per heavy atom. The second kappa shape index (κ2) is 8.89. The highest BCUT2D eigenvalue weighted by Gasteiger charge is 2.32. The minimum Gasteiger partial charge on any atom is -0.451 e. The number of furan rings is 1. The Bertz CT molecular complexity index is 1260. The number of nitrogens with one attached hydrogen (secondary N) is 1. The lowest BCUT2D eigenvalue weighted by Gasteiger charge is -2.34. The number of sulfonamides is 1. The molecule has 3 aromatic rings. The molecule has 1 fully saturated rings. The molecule has 2 atom stereocenters. The SMILES string of the molecule is Cc1c(C(=O)NCc2ccccc2Cl)oc2ccc(S(=O)(=O)N3C[C@H](C)C[C@@H](C)C3)cc12. The van der Waals surface area contributed by atoms with E-state index >= 15 is 0 Å². The predicted octanol–water partition coefficient (Wildman–Crippen LogP) is 4.99. The molecule has 8 heteroatoms. The lowest BCUT2D eigenvalue weighted by atomic mass is 9.94. The van der Waals surface area contributed by atoms with E-state index in [9.17, 15) is 13.2 Å². The number of nitrogens with zero attached hydrogens (tertiary/aromatic N) is 1. The van der Waals surface area contributed by atoms with Gasteiger partial charge >= 0.3 is 0 Å². The number of hydrogen-bond donors (Lipinski definition) is 1. The van der Waals surface area contributed by atoms with Crippen molar-refractivity contribution in [1.29, 1.82) is 0 Å². The van der Waals surface area contributed by atoms with Crippen molar-refractivity contribution in [3.05, 3.63) is 64.4 Å². The highest BCUT2D eigenvalue weighted by molar-refractivity contribution is 7.89. The van der Waals surface area contributed by atoms with Crippen molar-refractivity contribution in [3.63, 3.8) is 0 Å². The summed E-state index contributed by atoms with van der Waals surface area (Å²) in [5.74, 6) is 0.436. The summed E-state index contributed by atoms with van der Waals surface area (Å²) in [5, 5.41) is 4.01. The third-order valence-electron chi connectivity index (χ3n) is 5.98. The number of piperidine rings is 1. The highest BCUT2D eigenvalue weighted by Crippen LogP contribution is 2.31. The summed E-state index contributed by atoms with van der Waals surface area (Å²) < 4.78 is 33.9. The van der Waals surface area contributed by atoms with Crippen molar-refractivity contribution in [1.82, 2.24) is 9.62 Å². The fourth-order valence-electron chi connectivity index (χ4n) is 4.43. The number of amides is 1. The average Bonchev–Trinajstić information content (AvgIpc) is 3.08. The van der Waals surface area contributed by atoms with Gasteiger partial charge in [-0.2, -0.15) is 4.31 Å². The van der Waals surface area contributed by atoms with Crippen LogP contribution in [0.15, 0.2) is 51.8 Å². The van der Waals surface area contributed by atoms with Gasteiger partial charge in [0, 0.05) is 35.6 Å². The van der Waals surface area contributed by atoms with Gasteiger partial charge < -0.3 is 9.73 Å². The number of carbonyl (C=O) groups excluding carboxylic acids is 1. The highest BCUT2D eigenvalue weighted by atomic mass is 35.5. The van der Waals surface area contributed by atoms with Gasteiger partial charge in [-0.05, 0) is 55.0 Å². The molecule has 4 rings (SSSR count). The van der Waals surface area contributed by atoms with Crippen LogP contribution in [0.4, 0.5) is 0 Å². The first-order valence-electron chi connectivity index (χ1n) is 10.7. The molecule has 0 saturated carbocycles. The lowest BCUT2D eigenvalue weighted by Crippen LogP contribution is -2.42. The van der Waals surface area contributed by atoms with Crippen LogP contribution in [0.3, 0.4) is 0 Å². The zero-order valence-corrected chi connectivity index (χ0v) is 20.0. The quantitative estimate of drug-likeness (QED) is 0.564. The Morgan fingerprint density at radius 3 is 2.53 bits per heavy atom. The molecular formula is C24H27ClN2O4S. The maximum Gasteiger partial charge on any atom is 0.287 e. The molecule has 2 aromatic carbocycles. The molecule has 1 saturated heterocycles. The van der Waals surface area contributed by atoms with Gasteiger partial charge in [0.05, 0.1) is 4.90 Å². The maximum absolute atomic E-state index is 13.3. The summed E-state index contributed by atoms with van der Waals surface area (Å²) >= 11 is 6.16. The molecule has 0 unspecified atom stereocenters. The van der Waals surface area contributed by atoms with Gasteiger partial charge in [-0.1, -0.05) is 43.6 Å². The smallest absolute Gasteiger partial charge is 0.287 e. The van der Waals surface area contributed by atoms with Crippen LogP contribution in [0.5, 0.6) is 0 Å². The van der Waals surface area contributed by atoms with Crippen LogP contribution < -0.4 is 5.32 Å². The molecule has 0 bridgehead atoms. The van der Waals surface area contributed by atoms with Crippen LogP contribution in [-0.2, 0) is 16.6 Å². The zero-order valence-electron chi connectivity index (χ0n) is 18.4. The molecule has 1 aliphatic heterocycles. The molecule has 0 aliphatic carbocycles. The van der Waals surface area contributed by atoms with Crippen LogP contribution in [0.25, 0.3) is 11.0 Å². The predicted molar refractivity (Wildman–Crippen MR) is 125 cm³/mol. The molecule has 1 aromatic heterocycles. The van der Waals surface area contributed by atoms with Crippen LogP contribution in [-0.4, -0.2) is 31.7 Å². The molecular weight excluding hydrogens is 448 g/mol. The van der Waals surface area contributed by atoms with Gasteiger partial charge in [0.1, 0.15) is 5.58 Å². The molecule has 0 radical (unpaired) electrons. The van der Waals surface area contributed by atoms with Crippen LogP contribution in [0, 0.1) is 18.8 Å². The monoisotopic (exact) mass is 474 g/mol. The first-order valence-corrected chi connectivity index (χ1v) is 12.5. The summed E-state index contributed by atoms with van der Waals surface area (Å²) in [6.45, 7) is 7.22. The normalized spacial score (nSPS) is 19.9. The molecule has 1 aliphatic rings. The van der Waals surface area contributed by atoms with Crippen molar-refractivity contribution in [2.45, 2.75) is 38.6 Å². The number of hydrogen-bond acceptors (Lipinski definition) is 4. The first-order chi connectivity index (χ1) is 15.2. The van der Waals surface area contributed by atoms with Crippen molar-refractivity contribution >= 4 is 38.5 Å². The van der Waals surface area contributed by atoms with Crippen LogP contribution in [0.1, 0.15) is 41.9 Å². The summed E-state index contributed by atoms with van der Waals surface area (Å²) in [4.78, 5) is 13.0. The van der Waals surface area contributed by atoms with Gasteiger partial charge in [-0.15, -0.1) is 0 Å². The number of fused-ring (bicyclic) bond motifs is 1.